The van der Waals surface area contributed by atoms with E-state index in [0.29, 0.717) is 11.3 Å². The molecule has 152 valence electrons. The van der Waals surface area contributed by atoms with Gasteiger partial charge in [0.2, 0.25) is 6.10 Å². The highest BCUT2D eigenvalue weighted by Crippen LogP contribution is 2.32. The molecule has 0 bridgehead atoms. The highest BCUT2D eigenvalue weighted by atomic mass is 16.6. The van der Waals surface area contributed by atoms with Crippen molar-refractivity contribution in [3.8, 4) is 0 Å². The quantitative estimate of drug-likeness (QED) is 0.416. The lowest BCUT2D eigenvalue weighted by Crippen LogP contribution is -2.30. The van der Waals surface area contributed by atoms with Gasteiger partial charge in [0.15, 0.2) is 0 Å². The van der Waals surface area contributed by atoms with Gasteiger partial charge in [-0.1, -0.05) is 30.3 Å². The Labute approximate surface area is 168 Å². The third-order valence-corrected chi connectivity index (χ3v) is 4.85. The second kappa shape index (κ2) is 9.18. The SMILES string of the molecule is COC(=O)C(OC(=O)c1ccc(N2CCCCC2)c([N+](=O)[O-])c1)c1ccccc1. The Balaban J connectivity index is 1.86. The molecule has 0 spiro atoms. The molecule has 0 saturated carbocycles. The maximum Gasteiger partial charge on any atom is 0.351 e. The van der Waals surface area contributed by atoms with E-state index in [-0.39, 0.29) is 11.3 Å². The number of methoxy groups -OCH3 is 1. The average Bonchev–Trinajstić information content (AvgIpc) is 2.77. The summed E-state index contributed by atoms with van der Waals surface area (Å²) in [5.74, 6) is -1.57. The number of nitro benzene ring substituents is 1. The molecule has 8 heteroatoms. The molecule has 1 unspecified atom stereocenters. The third-order valence-electron chi connectivity index (χ3n) is 4.85. The number of rotatable bonds is 6. The maximum atomic E-state index is 12.6. The van der Waals surface area contributed by atoms with Crippen LogP contribution in [0.1, 0.15) is 41.3 Å². The molecule has 0 radical (unpaired) electrons. The van der Waals surface area contributed by atoms with Gasteiger partial charge in [-0.3, -0.25) is 10.1 Å². The predicted octanol–water partition coefficient (Wildman–Crippen LogP) is 3.66. The van der Waals surface area contributed by atoms with E-state index in [1.807, 2.05) is 4.90 Å². The highest BCUT2D eigenvalue weighted by molar-refractivity contribution is 5.93. The van der Waals surface area contributed by atoms with E-state index < -0.39 is 23.0 Å². The fraction of sp³-hybridized carbons (Fsp3) is 0.333. The minimum Gasteiger partial charge on any atom is -0.466 e. The van der Waals surface area contributed by atoms with Crippen molar-refractivity contribution in [3.63, 3.8) is 0 Å². The van der Waals surface area contributed by atoms with Crippen molar-refractivity contribution >= 4 is 23.3 Å². The Morgan fingerprint density at radius 2 is 1.76 bits per heavy atom. The van der Waals surface area contributed by atoms with E-state index in [2.05, 4.69) is 0 Å². The van der Waals surface area contributed by atoms with Gasteiger partial charge in [0.1, 0.15) is 5.69 Å². The summed E-state index contributed by atoms with van der Waals surface area (Å²) in [6.07, 6.45) is 1.79. The van der Waals surface area contributed by atoms with Gasteiger partial charge >= 0.3 is 11.9 Å². The molecule has 0 N–H and O–H groups in total. The molecule has 1 heterocycles. The van der Waals surface area contributed by atoms with Gasteiger partial charge in [0.25, 0.3) is 5.69 Å². The molecule has 29 heavy (non-hydrogen) atoms. The van der Waals surface area contributed by atoms with Crippen molar-refractivity contribution in [2.24, 2.45) is 0 Å². The van der Waals surface area contributed by atoms with Crippen LogP contribution in [0.5, 0.6) is 0 Å². The minimum absolute atomic E-state index is 0.00212. The number of esters is 2. The zero-order valence-corrected chi connectivity index (χ0v) is 16.1. The first-order chi connectivity index (χ1) is 14.0. The summed E-state index contributed by atoms with van der Waals surface area (Å²) in [4.78, 5) is 37.8. The number of nitrogens with zero attached hydrogens (tertiary/aromatic N) is 2. The summed E-state index contributed by atoms with van der Waals surface area (Å²) in [6.45, 7) is 1.48. The summed E-state index contributed by atoms with van der Waals surface area (Å²) in [7, 11) is 1.20. The molecular formula is C21H22N2O6. The number of nitro groups is 1. The van der Waals surface area contributed by atoms with Crippen LogP contribution in [0, 0.1) is 10.1 Å². The Morgan fingerprint density at radius 1 is 1.07 bits per heavy atom. The van der Waals surface area contributed by atoms with E-state index in [1.54, 1.807) is 36.4 Å². The van der Waals surface area contributed by atoms with Gasteiger partial charge in [-0.2, -0.15) is 0 Å². The van der Waals surface area contributed by atoms with Crippen LogP contribution < -0.4 is 4.90 Å². The van der Waals surface area contributed by atoms with E-state index >= 15 is 0 Å². The van der Waals surface area contributed by atoms with Crippen LogP contribution in [-0.4, -0.2) is 37.1 Å². The Bertz CT molecular complexity index is 893. The van der Waals surface area contributed by atoms with Crippen molar-refractivity contribution in [2.75, 3.05) is 25.1 Å². The zero-order chi connectivity index (χ0) is 20.8. The fourth-order valence-corrected chi connectivity index (χ4v) is 3.36. The molecule has 1 saturated heterocycles. The van der Waals surface area contributed by atoms with Crippen LogP contribution in [-0.2, 0) is 14.3 Å². The molecule has 0 aromatic heterocycles. The highest BCUT2D eigenvalue weighted by Gasteiger charge is 2.28. The molecule has 2 aromatic rings. The first-order valence-electron chi connectivity index (χ1n) is 9.38. The minimum atomic E-state index is -1.26. The Morgan fingerprint density at radius 3 is 2.38 bits per heavy atom. The van der Waals surface area contributed by atoms with Gasteiger partial charge in [0.05, 0.1) is 17.6 Å². The summed E-state index contributed by atoms with van der Waals surface area (Å²) < 4.78 is 10.1. The number of anilines is 1. The van der Waals surface area contributed by atoms with Crippen molar-refractivity contribution < 1.29 is 24.0 Å². The third kappa shape index (κ3) is 4.71. The molecule has 1 fully saturated rings. The van der Waals surface area contributed by atoms with Gasteiger partial charge in [0, 0.05) is 24.7 Å². The second-order valence-electron chi connectivity index (χ2n) is 6.73. The largest absolute Gasteiger partial charge is 0.466 e. The summed E-state index contributed by atoms with van der Waals surface area (Å²) >= 11 is 0. The topological polar surface area (TPSA) is 99.0 Å². The Hall–Kier alpha value is -3.42. The van der Waals surface area contributed by atoms with E-state index in [9.17, 15) is 19.7 Å². The standard InChI is InChI=1S/C21H22N2O6/c1-28-21(25)19(15-8-4-2-5-9-15)29-20(24)16-10-11-17(18(14-16)23(26)27)22-12-6-3-7-13-22/h2,4-5,8-11,14,19H,3,6-7,12-13H2,1H3. The van der Waals surface area contributed by atoms with Crippen LogP contribution in [0.2, 0.25) is 0 Å². The van der Waals surface area contributed by atoms with Crippen LogP contribution in [0.15, 0.2) is 48.5 Å². The number of carbonyl (C=O) groups excluding carboxylic acids is 2. The monoisotopic (exact) mass is 398 g/mol. The lowest BCUT2D eigenvalue weighted by Gasteiger charge is -2.28. The van der Waals surface area contributed by atoms with Gasteiger partial charge in [-0.05, 0) is 31.4 Å². The van der Waals surface area contributed by atoms with Crippen LogP contribution in [0.3, 0.4) is 0 Å². The molecule has 3 rings (SSSR count). The maximum absolute atomic E-state index is 12.6. The van der Waals surface area contributed by atoms with Crippen molar-refractivity contribution in [1.29, 1.82) is 0 Å². The fourth-order valence-electron chi connectivity index (χ4n) is 3.36. The lowest BCUT2D eigenvalue weighted by molar-refractivity contribution is -0.384. The van der Waals surface area contributed by atoms with Crippen molar-refractivity contribution in [3.05, 3.63) is 69.8 Å². The summed E-state index contributed by atoms with van der Waals surface area (Å²) in [6, 6.07) is 12.7. The normalized spacial score (nSPS) is 14.7. The average molecular weight is 398 g/mol. The van der Waals surface area contributed by atoms with Crippen LogP contribution in [0.4, 0.5) is 11.4 Å². The van der Waals surface area contributed by atoms with E-state index in [4.69, 9.17) is 9.47 Å². The molecule has 2 aromatic carbocycles. The first-order valence-corrected chi connectivity index (χ1v) is 9.38. The Kier molecular flexibility index (Phi) is 6.43. The van der Waals surface area contributed by atoms with E-state index in [0.717, 1.165) is 32.4 Å². The zero-order valence-electron chi connectivity index (χ0n) is 16.1. The van der Waals surface area contributed by atoms with E-state index in [1.165, 1.54) is 19.2 Å². The number of benzene rings is 2. The molecule has 0 aliphatic carbocycles. The molecule has 1 aliphatic rings. The van der Waals surface area contributed by atoms with Crippen LogP contribution in [0.25, 0.3) is 0 Å². The number of hydrogen-bond acceptors (Lipinski definition) is 7. The van der Waals surface area contributed by atoms with Crippen LogP contribution >= 0.6 is 0 Å². The molecular weight excluding hydrogens is 376 g/mol. The molecule has 1 atom stereocenters. The first kappa shape index (κ1) is 20.3. The van der Waals surface area contributed by atoms with Crippen molar-refractivity contribution in [2.45, 2.75) is 25.4 Å². The summed E-state index contributed by atoms with van der Waals surface area (Å²) in [5.41, 5.74) is 0.781. The van der Waals surface area contributed by atoms with Gasteiger partial charge < -0.3 is 14.4 Å². The van der Waals surface area contributed by atoms with Gasteiger partial charge in [-0.15, -0.1) is 0 Å². The summed E-state index contributed by atoms with van der Waals surface area (Å²) in [5, 5.41) is 11.6. The second-order valence-corrected chi connectivity index (χ2v) is 6.73. The molecule has 8 nitrogen and oxygen atoms in total. The molecule has 1 aliphatic heterocycles. The number of hydrogen-bond donors (Lipinski definition) is 0. The number of carbonyl (C=O) groups is 2. The number of piperidine rings is 1. The smallest absolute Gasteiger partial charge is 0.351 e. The molecule has 0 amide bonds. The predicted molar refractivity (Wildman–Crippen MR) is 106 cm³/mol. The number of ether oxygens (including phenoxy) is 2. The lowest BCUT2D eigenvalue weighted by atomic mass is 10.1. The van der Waals surface area contributed by atoms with Gasteiger partial charge in [-0.25, -0.2) is 9.59 Å². The van der Waals surface area contributed by atoms with Crippen molar-refractivity contribution in [1.82, 2.24) is 0 Å².